The SMILES string of the molecule is C=C(NCCCC[n+]1ccn(CCCCNC(=O)C(F)(F)F)c1N)C(F)(F)F.CC.CCCCCN1CCN(CCCCC)c2cc(N)ccc21. The van der Waals surface area contributed by atoms with E-state index in [-0.39, 0.29) is 13.1 Å². The number of nitrogens with one attached hydrogen (secondary N) is 2. The van der Waals surface area contributed by atoms with Gasteiger partial charge in [-0.2, -0.15) is 26.3 Å². The molecule has 0 unspecified atom stereocenters. The average Bonchev–Trinajstić information content (AvgIpc) is 3.43. The molecule has 3 rings (SSSR count). The number of anilines is 4. The Labute approximate surface area is 300 Å². The van der Waals surface area contributed by atoms with E-state index < -0.39 is 24.0 Å². The first-order chi connectivity index (χ1) is 24.2. The molecule has 1 amide bonds. The molecule has 0 fully saturated rings. The van der Waals surface area contributed by atoms with Crippen molar-refractivity contribution in [3.63, 3.8) is 0 Å². The summed E-state index contributed by atoms with van der Waals surface area (Å²) in [6.07, 6.45) is 3.83. The van der Waals surface area contributed by atoms with Crippen LogP contribution in [-0.2, 0) is 17.9 Å². The van der Waals surface area contributed by atoms with Gasteiger partial charge in [0.1, 0.15) is 5.70 Å². The van der Waals surface area contributed by atoms with Crippen LogP contribution in [0.3, 0.4) is 0 Å². The molecule has 51 heavy (non-hydrogen) atoms. The van der Waals surface area contributed by atoms with Gasteiger partial charge in [-0.25, -0.2) is 9.13 Å². The van der Waals surface area contributed by atoms with E-state index in [2.05, 4.69) is 47.7 Å². The summed E-state index contributed by atoms with van der Waals surface area (Å²) in [6.45, 7) is 17.1. The van der Waals surface area contributed by atoms with Crippen LogP contribution < -0.4 is 36.5 Å². The fourth-order valence-electron chi connectivity index (χ4n) is 5.43. The van der Waals surface area contributed by atoms with E-state index in [0.29, 0.717) is 44.7 Å². The topological polar surface area (TPSA) is 108 Å². The Kier molecular flexibility index (Phi) is 21.0. The highest BCUT2D eigenvalue weighted by Gasteiger charge is 2.38. The molecule has 15 heteroatoms. The molecular weight excluding hydrogens is 674 g/mol. The average molecular weight is 736 g/mol. The van der Waals surface area contributed by atoms with Gasteiger partial charge in [-0.3, -0.25) is 10.5 Å². The Morgan fingerprint density at radius 1 is 0.784 bits per heavy atom. The van der Waals surface area contributed by atoms with Crippen molar-refractivity contribution in [1.29, 1.82) is 0 Å². The van der Waals surface area contributed by atoms with Crippen molar-refractivity contribution in [3.05, 3.63) is 42.9 Å². The summed E-state index contributed by atoms with van der Waals surface area (Å²) >= 11 is 0. The summed E-state index contributed by atoms with van der Waals surface area (Å²) in [5, 5.41) is 4.01. The predicted molar refractivity (Wildman–Crippen MR) is 195 cm³/mol. The summed E-state index contributed by atoms with van der Waals surface area (Å²) in [5.41, 5.74) is 14.6. The molecule has 1 aliphatic heterocycles. The highest BCUT2D eigenvalue weighted by molar-refractivity contribution is 5.81. The molecule has 1 aromatic heterocycles. The molecule has 2 aromatic rings. The van der Waals surface area contributed by atoms with Crippen LogP contribution in [0.4, 0.5) is 49.4 Å². The normalized spacial score (nSPS) is 12.7. The van der Waals surface area contributed by atoms with Crippen LogP contribution >= 0.6 is 0 Å². The number of nitrogens with zero attached hydrogens (tertiary/aromatic N) is 4. The van der Waals surface area contributed by atoms with Crippen LogP contribution in [0.2, 0.25) is 0 Å². The fraction of sp³-hybridized carbons (Fsp3) is 0.667. The van der Waals surface area contributed by atoms with Crippen molar-refractivity contribution in [2.75, 3.05) is 60.5 Å². The minimum Gasteiger partial charge on any atom is -0.399 e. The van der Waals surface area contributed by atoms with Crippen molar-refractivity contribution >= 4 is 28.9 Å². The Morgan fingerprint density at radius 2 is 1.33 bits per heavy atom. The minimum atomic E-state index is -4.88. The Balaban J connectivity index is 0.000000503. The first kappa shape index (κ1) is 45.2. The number of carbonyl (C=O) groups is 1. The third-order valence-electron chi connectivity index (χ3n) is 8.27. The van der Waals surface area contributed by atoms with Crippen molar-refractivity contribution in [3.8, 4) is 0 Å². The highest BCUT2D eigenvalue weighted by Crippen LogP contribution is 2.35. The largest absolute Gasteiger partial charge is 0.471 e. The lowest BCUT2D eigenvalue weighted by Gasteiger charge is -2.39. The van der Waals surface area contributed by atoms with Gasteiger partial charge in [0.15, 0.2) is 0 Å². The quantitative estimate of drug-likeness (QED) is 0.0514. The maximum atomic E-state index is 12.3. The van der Waals surface area contributed by atoms with Gasteiger partial charge in [-0.05, 0) is 56.7 Å². The molecule has 1 aromatic carbocycles. The Morgan fingerprint density at radius 3 is 1.90 bits per heavy atom. The number of amides is 1. The number of benzene rings is 1. The van der Waals surface area contributed by atoms with Gasteiger partial charge < -0.3 is 26.2 Å². The van der Waals surface area contributed by atoms with E-state index in [1.807, 2.05) is 19.9 Å². The van der Waals surface area contributed by atoms with E-state index in [9.17, 15) is 31.1 Å². The zero-order valence-electron chi connectivity index (χ0n) is 30.9. The number of allylic oxidation sites excluding steroid dienone is 1. The molecule has 0 bridgehead atoms. The van der Waals surface area contributed by atoms with Gasteiger partial charge in [0.05, 0.1) is 36.9 Å². The predicted octanol–water partition coefficient (Wildman–Crippen LogP) is 7.56. The molecule has 9 nitrogen and oxygen atoms in total. The number of rotatable bonds is 19. The van der Waals surface area contributed by atoms with E-state index >= 15 is 0 Å². The van der Waals surface area contributed by atoms with E-state index in [4.69, 9.17) is 11.5 Å². The molecule has 0 atom stereocenters. The number of alkyl halides is 6. The number of aromatic nitrogens is 2. The zero-order chi connectivity index (χ0) is 38.5. The number of fused-ring (bicyclic) bond motifs is 1. The molecule has 1 aliphatic rings. The standard InChI is InChI=1S/C18H31N3.C16H23F6N5O.C2H6/c1-3-5-7-11-20-13-14-21(12-8-6-4-2)18-15-16(19)9-10-17(18)20;1-12(15(17,18)19)24-6-2-4-8-26-10-11-27(14(26)23)9-5-3-7-25-13(28)16(20,21)22;1-2/h9-10,15H,3-8,11-14,19H2,1-2H3;10-11,23-24H,1-9H2,(H,25,28);1-2H3/p+1. The molecule has 0 spiro atoms. The second-order valence-corrected chi connectivity index (χ2v) is 12.3. The Bertz CT molecular complexity index is 1230. The lowest BCUT2D eigenvalue weighted by molar-refractivity contribution is -0.682. The number of halogens is 6. The van der Waals surface area contributed by atoms with Crippen LogP contribution in [0.15, 0.2) is 42.9 Å². The van der Waals surface area contributed by atoms with Crippen LogP contribution in [0, 0.1) is 0 Å². The number of unbranched alkanes of at least 4 members (excludes halogenated alkanes) is 6. The number of hydrogen-bond acceptors (Lipinski definition) is 6. The van der Waals surface area contributed by atoms with Crippen LogP contribution in [0.5, 0.6) is 0 Å². The number of aryl methyl sites for hydroxylation is 2. The van der Waals surface area contributed by atoms with Crippen molar-refractivity contribution in [2.24, 2.45) is 0 Å². The van der Waals surface area contributed by atoms with E-state index in [1.165, 1.54) is 56.4 Å². The molecule has 0 aliphatic carbocycles. The van der Waals surface area contributed by atoms with Crippen LogP contribution in [0.25, 0.3) is 0 Å². The van der Waals surface area contributed by atoms with E-state index in [0.717, 1.165) is 25.3 Å². The van der Waals surface area contributed by atoms with Crippen molar-refractivity contribution < 1.29 is 35.7 Å². The first-order valence-electron chi connectivity index (χ1n) is 18.3. The summed E-state index contributed by atoms with van der Waals surface area (Å²) < 4.78 is 76.3. The molecule has 0 radical (unpaired) electrons. The Hall–Kier alpha value is -3.78. The van der Waals surface area contributed by atoms with Gasteiger partial charge >= 0.3 is 24.2 Å². The number of carbonyl (C=O) groups excluding carboxylic acids is 1. The monoisotopic (exact) mass is 735 g/mol. The summed E-state index contributed by atoms with van der Waals surface area (Å²) in [6, 6.07) is 6.41. The summed E-state index contributed by atoms with van der Waals surface area (Å²) in [5.74, 6) is -1.52. The maximum absolute atomic E-state index is 12.3. The van der Waals surface area contributed by atoms with Gasteiger partial charge in [-0.1, -0.05) is 60.0 Å². The van der Waals surface area contributed by atoms with Gasteiger partial charge in [-0.15, -0.1) is 0 Å². The molecule has 6 N–H and O–H groups in total. The maximum Gasteiger partial charge on any atom is 0.471 e. The zero-order valence-corrected chi connectivity index (χ0v) is 30.9. The molecule has 2 heterocycles. The van der Waals surface area contributed by atoms with Gasteiger partial charge in [0, 0.05) is 45.0 Å². The lowest BCUT2D eigenvalue weighted by atomic mass is 10.1. The smallest absolute Gasteiger partial charge is 0.399 e. The summed E-state index contributed by atoms with van der Waals surface area (Å²) in [4.78, 5) is 15.7. The van der Waals surface area contributed by atoms with Crippen LogP contribution in [-0.4, -0.2) is 62.1 Å². The minimum absolute atomic E-state index is 0.0876. The fourth-order valence-corrected chi connectivity index (χ4v) is 5.43. The third kappa shape index (κ3) is 16.9. The summed E-state index contributed by atoms with van der Waals surface area (Å²) in [7, 11) is 0. The highest BCUT2D eigenvalue weighted by atomic mass is 19.4. The van der Waals surface area contributed by atoms with E-state index in [1.54, 1.807) is 26.8 Å². The van der Waals surface area contributed by atoms with Crippen LogP contribution in [0.1, 0.15) is 91.9 Å². The van der Waals surface area contributed by atoms with Crippen molar-refractivity contribution in [2.45, 2.75) is 117 Å². The number of nitrogens with two attached hydrogens (primary N) is 2. The second kappa shape index (κ2) is 23.6. The third-order valence-corrected chi connectivity index (χ3v) is 8.27. The number of imidazole rings is 1. The number of hydrogen-bond donors (Lipinski definition) is 4. The first-order valence-corrected chi connectivity index (χ1v) is 18.3. The van der Waals surface area contributed by atoms with Gasteiger partial charge in [0.2, 0.25) is 0 Å². The molecule has 292 valence electrons. The molecule has 0 saturated carbocycles. The van der Waals surface area contributed by atoms with Crippen molar-refractivity contribution in [1.82, 2.24) is 15.2 Å². The number of nitrogen functional groups attached to an aromatic ring is 2. The molecular formula is C36H61F6N8O+. The second-order valence-electron chi connectivity index (χ2n) is 12.3. The lowest BCUT2D eigenvalue weighted by Crippen LogP contribution is -2.42. The molecule has 0 saturated heterocycles. The van der Waals surface area contributed by atoms with Gasteiger partial charge in [0.25, 0.3) is 0 Å².